The minimum atomic E-state index is -3.40. The molecular formula is C10H18N4O2S. The molecule has 0 aromatic carbocycles. The first kappa shape index (κ1) is 12.5. The molecule has 2 heterocycles. The van der Waals surface area contributed by atoms with E-state index in [4.69, 9.17) is 0 Å². The van der Waals surface area contributed by atoms with E-state index >= 15 is 0 Å². The number of hydrogen-bond acceptors (Lipinski definition) is 4. The lowest BCUT2D eigenvalue weighted by atomic mass is 10.1. The van der Waals surface area contributed by atoms with Gasteiger partial charge in [0.05, 0.1) is 6.20 Å². The number of aromatic nitrogens is 2. The minimum Gasteiger partial charge on any atom is -0.306 e. The molecule has 1 aromatic heterocycles. The summed E-state index contributed by atoms with van der Waals surface area (Å²) in [5, 5.41) is 6.34. The van der Waals surface area contributed by atoms with Gasteiger partial charge in [0.2, 0.25) is 0 Å². The van der Waals surface area contributed by atoms with E-state index in [-0.39, 0.29) is 5.03 Å². The zero-order chi connectivity index (χ0) is 12.5. The molecule has 1 N–H and O–H groups in total. The van der Waals surface area contributed by atoms with Crippen molar-refractivity contribution in [3.8, 4) is 0 Å². The Labute approximate surface area is 102 Å². The lowest BCUT2D eigenvalue weighted by Crippen LogP contribution is -2.33. The first-order chi connectivity index (χ1) is 8.00. The quantitative estimate of drug-likeness (QED) is 0.824. The third-order valence-electron chi connectivity index (χ3n) is 3.17. The second-order valence-corrected chi connectivity index (χ2v) is 6.64. The normalized spacial score (nSPS) is 22.4. The largest absolute Gasteiger partial charge is 0.306 e. The topological polar surface area (TPSA) is 69.3 Å². The van der Waals surface area contributed by atoms with Gasteiger partial charge < -0.3 is 4.90 Å². The molecule has 1 aliphatic rings. The Bertz CT molecular complexity index is 457. The molecule has 0 bridgehead atoms. The number of sulfonamides is 1. The van der Waals surface area contributed by atoms with Crippen molar-refractivity contribution in [2.24, 2.45) is 5.92 Å². The highest BCUT2D eigenvalue weighted by Crippen LogP contribution is 2.18. The van der Waals surface area contributed by atoms with Gasteiger partial charge in [-0.15, -0.1) is 0 Å². The number of aromatic amines is 1. The van der Waals surface area contributed by atoms with Crippen LogP contribution in [0.5, 0.6) is 0 Å². The van der Waals surface area contributed by atoms with Gasteiger partial charge in [-0.05, 0) is 32.0 Å². The number of H-pyrrole nitrogens is 1. The van der Waals surface area contributed by atoms with Crippen molar-refractivity contribution in [1.82, 2.24) is 19.4 Å². The van der Waals surface area contributed by atoms with Crippen LogP contribution in [0.4, 0.5) is 0 Å². The zero-order valence-corrected chi connectivity index (χ0v) is 10.9. The summed E-state index contributed by atoms with van der Waals surface area (Å²) in [6, 6.07) is 1.48. The highest BCUT2D eigenvalue weighted by Gasteiger charge is 2.27. The van der Waals surface area contributed by atoms with E-state index in [2.05, 4.69) is 22.1 Å². The average molecular weight is 258 g/mol. The molecule has 1 aromatic rings. The van der Waals surface area contributed by atoms with Gasteiger partial charge in [-0.1, -0.05) is 0 Å². The molecule has 0 aliphatic carbocycles. The summed E-state index contributed by atoms with van der Waals surface area (Å²) in [5.41, 5.74) is 0. The SMILES string of the molecule is CN1CCC(CN(C)S(=O)(=O)c2ccn[nH]2)C1. The number of nitrogens with zero attached hydrogens (tertiary/aromatic N) is 3. The predicted octanol–water partition coefficient (Wildman–Crippen LogP) is -0.0181. The van der Waals surface area contributed by atoms with Crippen LogP contribution in [0, 0.1) is 5.92 Å². The van der Waals surface area contributed by atoms with E-state index in [9.17, 15) is 8.42 Å². The Morgan fingerprint density at radius 2 is 2.41 bits per heavy atom. The van der Waals surface area contributed by atoms with Crippen molar-refractivity contribution >= 4 is 10.0 Å². The van der Waals surface area contributed by atoms with Crippen LogP contribution in [0.3, 0.4) is 0 Å². The predicted molar refractivity (Wildman–Crippen MR) is 64.0 cm³/mol. The Balaban J connectivity index is 2.03. The maximum Gasteiger partial charge on any atom is 0.259 e. The second kappa shape index (κ2) is 4.75. The van der Waals surface area contributed by atoms with Crippen molar-refractivity contribution in [2.45, 2.75) is 11.4 Å². The van der Waals surface area contributed by atoms with Crippen molar-refractivity contribution in [3.63, 3.8) is 0 Å². The first-order valence-corrected chi connectivity index (χ1v) is 7.08. The molecule has 0 radical (unpaired) electrons. The van der Waals surface area contributed by atoms with Crippen LogP contribution in [0.25, 0.3) is 0 Å². The summed E-state index contributed by atoms with van der Waals surface area (Å²) >= 11 is 0. The van der Waals surface area contributed by atoms with E-state index in [0.717, 1.165) is 19.5 Å². The van der Waals surface area contributed by atoms with E-state index in [0.29, 0.717) is 12.5 Å². The number of hydrogen-bond donors (Lipinski definition) is 1. The Morgan fingerprint density at radius 3 is 2.94 bits per heavy atom. The first-order valence-electron chi connectivity index (χ1n) is 5.64. The fourth-order valence-corrected chi connectivity index (χ4v) is 3.34. The monoisotopic (exact) mass is 258 g/mol. The molecule has 7 heteroatoms. The highest BCUT2D eigenvalue weighted by atomic mass is 32.2. The smallest absolute Gasteiger partial charge is 0.259 e. The van der Waals surface area contributed by atoms with Crippen molar-refractivity contribution < 1.29 is 8.42 Å². The summed E-state index contributed by atoms with van der Waals surface area (Å²) in [5.74, 6) is 0.419. The molecule has 0 amide bonds. The average Bonchev–Trinajstić information content (AvgIpc) is 2.89. The van der Waals surface area contributed by atoms with Crippen LogP contribution in [-0.2, 0) is 10.0 Å². The van der Waals surface area contributed by atoms with Crippen LogP contribution in [0.1, 0.15) is 6.42 Å². The van der Waals surface area contributed by atoms with Gasteiger partial charge in [-0.3, -0.25) is 5.10 Å². The Morgan fingerprint density at radius 1 is 1.65 bits per heavy atom. The molecule has 0 spiro atoms. The van der Waals surface area contributed by atoms with Crippen molar-refractivity contribution in [2.75, 3.05) is 33.7 Å². The van der Waals surface area contributed by atoms with Gasteiger partial charge in [-0.2, -0.15) is 9.40 Å². The molecule has 1 fully saturated rings. The third-order valence-corrected chi connectivity index (χ3v) is 4.92. The van der Waals surface area contributed by atoms with Crippen LogP contribution in [0.15, 0.2) is 17.3 Å². The standard InChI is InChI=1S/C10H18N4O2S/c1-13-6-4-9(7-13)8-14(2)17(15,16)10-3-5-11-12-10/h3,5,9H,4,6-8H2,1-2H3,(H,11,12). The molecule has 0 saturated carbocycles. The lowest BCUT2D eigenvalue weighted by molar-refractivity contribution is 0.356. The molecule has 17 heavy (non-hydrogen) atoms. The minimum absolute atomic E-state index is 0.159. The fraction of sp³-hybridized carbons (Fsp3) is 0.700. The molecule has 1 atom stereocenters. The summed E-state index contributed by atoms with van der Waals surface area (Å²) in [7, 11) is 0.275. The van der Waals surface area contributed by atoms with E-state index < -0.39 is 10.0 Å². The van der Waals surface area contributed by atoms with Gasteiger partial charge in [0, 0.05) is 20.1 Å². The second-order valence-electron chi connectivity index (χ2n) is 4.62. The number of likely N-dealkylation sites (tertiary alicyclic amines) is 1. The summed E-state index contributed by atoms with van der Waals surface area (Å²) in [6.45, 7) is 2.57. The maximum absolute atomic E-state index is 12.1. The van der Waals surface area contributed by atoms with Gasteiger partial charge in [0.1, 0.15) is 0 Å². The molecule has 1 aliphatic heterocycles. The Hall–Kier alpha value is -0.920. The van der Waals surface area contributed by atoms with Gasteiger partial charge in [0.25, 0.3) is 10.0 Å². The van der Waals surface area contributed by atoms with Crippen molar-refractivity contribution in [3.05, 3.63) is 12.3 Å². The van der Waals surface area contributed by atoms with Crippen LogP contribution in [0.2, 0.25) is 0 Å². The van der Waals surface area contributed by atoms with Crippen LogP contribution >= 0.6 is 0 Å². The van der Waals surface area contributed by atoms with Gasteiger partial charge in [0.15, 0.2) is 5.03 Å². The third kappa shape index (κ3) is 2.67. The molecule has 1 unspecified atom stereocenters. The highest BCUT2D eigenvalue weighted by molar-refractivity contribution is 7.89. The van der Waals surface area contributed by atoms with E-state index in [1.807, 2.05) is 0 Å². The molecule has 1 saturated heterocycles. The summed E-state index contributed by atoms with van der Waals surface area (Å²) < 4.78 is 25.6. The zero-order valence-electron chi connectivity index (χ0n) is 10.1. The lowest BCUT2D eigenvalue weighted by Gasteiger charge is -2.19. The molecule has 2 rings (SSSR count). The Kier molecular flexibility index (Phi) is 3.50. The van der Waals surface area contributed by atoms with Crippen LogP contribution < -0.4 is 0 Å². The fourth-order valence-electron chi connectivity index (χ4n) is 2.19. The molecule has 96 valence electrons. The van der Waals surface area contributed by atoms with Gasteiger partial charge >= 0.3 is 0 Å². The molecular weight excluding hydrogens is 240 g/mol. The van der Waals surface area contributed by atoms with E-state index in [1.54, 1.807) is 7.05 Å². The van der Waals surface area contributed by atoms with Gasteiger partial charge in [-0.25, -0.2) is 8.42 Å². The number of nitrogens with one attached hydrogen (secondary N) is 1. The summed E-state index contributed by atoms with van der Waals surface area (Å²) in [4.78, 5) is 2.22. The van der Waals surface area contributed by atoms with Crippen LogP contribution in [-0.4, -0.2) is 61.5 Å². The van der Waals surface area contributed by atoms with Crippen molar-refractivity contribution in [1.29, 1.82) is 0 Å². The van der Waals surface area contributed by atoms with E-state index in [1.165, 1.54) is 16.6 Å². The maximum atomic E-state index is 12.1. The summed E-state index contributed by atoms with van der Waals surface area (Å²) in [6.07, 6.45) is 2.50. The molecule has 6 nitrogen and oxygen atoms in total. The number of rotatable bonds is 4.